The van der Waals surface area contributed by atoms with Crippen LogP contribution in [0, 0.1) is 0 Å². The summed E-state index contributed by atoms with van der Waals surface area (Å²) in [6, 6.07) is 24.3. The molecule has 0 aromatic heterocycles. The highest BCUT2D eigenvalue weighted by Gasteiger charge is 2.16. The Morgan fingerprint density at radius 2 is 1.33 bits per heavy atom. The molecule has 3 aromatic rings. The molecule has 5 heteroatoms. The van der Waals surface area contributed by atoms with Crippen LogP contribution >= 0.6 is 10.7 Å². The van der Waals surface area contributed by atoms with E-state index in [9.17, 15) is 8.42 Å². The molecule has 0 saturated carbocycles. The van der Waals surface area contributed by atoms with Gasteiger partial charge in [-0.05, 0) is 28.8 Å². The SMILES string of the molecule is O=S(=O)(Cl)c1ccccc1OCc1ccc(-c2ccccc2)cc1. The Balaban J connectivity index is 1.75. The molecular weight excluding hydrogens is 344 g/mol. The predicted molar refractivity (Wildman–Crippen MR) is 95.7 cm³/mol. The quantitative estimate of drug-likeness (QED) is 0.612. The fraction of sp³-hybridized carbons (Fsp3) is 0.0526. The lowest BCUT2D eigenvalue weighted by atomic mass is 10.0. The second-order valence-corrected chi connectivity index (χ2v) is 7.77. The molecular formula is C19H15ClO3S. The van der Waals surface area contributed by atoms with Gasteiger partial charge in [0.05, 0.1) is 0 Å². The van der Waals surface area contributed by atoms with Gasteiger partial charge in [0.1, 0.15) is 17.3 Å². The smallest absolute Gasteiger partial charge is 0.264 e. The Hall–Kier alpha value is -2.30. The van der Waals surface area contributed by atoms with E-state index in [1.165, 1.54) is 6.07 Å². The van der Waals surface area contributed by atoms with Gasteiger partial charge in [-0.15, -0.1) is 0 Å². The van der Waals surface area contributed by atoms with E-state index in [-0.39, 0.29) is 17.3 Å². The standard InChI is InChI=1S/C19H15ClO3S/c20-24(21,22)19-9-5-4-8-18(19)23-14-15-10-12-17(13-11-15)16-6-2-1-3-7-16/h1-13H,14H2. The van der Waals surface area contributed by atoms with E-state index in [4.69, 9.17) is 15.4 Å². The van der Waals surface area contributed by atoms with Gasteiger partial charge in [0, 0.05) is 10.7 Å². The molecule has 0 heterocycles. The summed E-state index contributed by atoms with van der Waals surface area (Å²) in [5.41, 5.74) is 3.20. The maximum atomic E-state index is 11.6. The van der Waals surface area contributed by atoms with Gasteiger partial charge in [-0.1, -0.05) is 66.7 Å². The highest BCUT2D eigenvalue weighted by molar-refractivity contribution is 8.13. The molecule has 24 heavy (non-hydrogen) atoms. The van der Waals surface area contributed by atoms with Crippen molar-refractivity contribution in [1.82, 2.24) is 0 Å². The lowest BCUT2D eigenvalue weighted by Crippen LogP contribution is -2.00. The van der Waals surface area contributed by atoms with Crippen LogP contribution < -0.4 is 4.74 Å². The van der Waals surface area contributed by atoms with Gasteiger partial charge in [0.15, 0.2) is 0 Å². The first kappa shape index (κ1) is 16.6. The minimum absolute atomic E-state index is 0.0208. The highest BCUT2D eigenvalue weighted by Crippen LogP contribution is 2.27. The fourth-order valence-electron chi connectivity index (χ4n) is 2.36. The summed E-state index contributed by atoms with van der Waals surface area (Å²) in [5, 5.41) is 0. The van der Waals surface area contributed by atoms with Crippen LogP contribution in [0.5, 0.6) is 5.75 Å². The van der Waals surface area contributed by atoms with Crippen molar-refractivity contribution >= 4 is 19.7 Å². The normalized spacial score (nSPS) is 11.2. The van der Waals surface area contributed by atoms with E-state index >= 15 is 0 Å². The van der Waals surface area contributed by atoms with Gasteiger partial charge < -0.3 is 4.74 Å². The van der Waals surface area contributed by atoms with Crippen molar-refractivity contribution in [2.45, 2.75) is 11.5 Å². The molecule has 0 radical (unpaired) electrons. The molecule has 0 unspecified atom stereocenters. The lowest BCUT2D eigenvalue weighted by molar-refractivity contribution is 0.298. The summed E-state index contributed by atoms with van der Waals surface area (Å²) in [7, 11) is 1.59. The summed E-state index contributed by atoms with van der Waals surface area (Å²) in [4.78, 5) is -0.0208. The average Bonchev–Trinajstić information content (AvgIpc) is 2.61. The first-order valence-corrected chi connectivity index (χ1v) is 9.66. The molecule has 0 bridgehead atoms. The van der Waals surface area contributed by atoms with Gasteiger partial charge in [-0.25, -0.2) is 8.42 Å². The van der Waals surface area contributed by atoms with Crippen LogP contribution in [0.4, 0.5) is 0 Å². The van der Waals surface area contributed by atoms with Crippen LogP contribution in [0.3, 0.4) is 0 Å². The van der Waals surface area contributed by atoms with Crippen LogP contribution in [0.2, 0.25) is 0 Å². The molecule has 0 saturated heterocycles. The van der Waals surface area contributed by atoms with E-state index in [1.54, 1.807) is 18.2 Å². The van der Waals surface area contributed by atoms with Crippen molar-refractivity contribution < 1.29 is 13.2 Å². The first-order chi connectivity index (χ1) is 11.5. The van der Waals surface area contributed by atoms with Gasteiger partial charge in [-0.2, -0.15) is 0 Å². The number of para-hydroxylation sites is 1. The molecule has 0 spiro atoms. The molecule has 122 valence electrons. The first-order valence-electron chi connectivity index (χ1n) is 7.35. The number of ether oxygens (including phenoxy) is 1. The monoisotopic (exact) mass is 358 g/mol. The van der Waals surface area contributed by atoms with Crippen LogP contribution in [0.15, 0.2) is 83.8 Å². The van der Waals surface area contributed by atoms with E-state index < -0.39 is 9.05 Å². The highest BCUT2D eigenvalue weighted by atomic mass is 35.7. The van der Waals surface area contributed by atoms with Crippen molar-refractivity contribution in [1.29, 1.82) is 0 Å². The summed E-state index contributed by atoms with van der Waals surface area (Å²) in [6.07, 6.45) is 0. The van der Waals surface area contributed by atoms with Gasteiger partial charge in [-0.3, -0.25) is 0 Å². The third kappa shape index (κ3) is 3.96. The van der Waals surface area contributed by atoms with Crippen molar-refractivity contribution in [2.24, 2.45) is 0 Å². The minimum atomic E-state index is -3.83. The van der Waals surface area contributed by atoms with Gasteiger partial charge >= 0.3 is 0 Å². The van der Waals surface area contributed by atoms with E-state index in [0.717, 1.165) is 16.7 Å². The largest absolute Gasteiger partial charge is 0.487 e. The second kappa shape index (κ2) is 7.07. The average molecular weight is 359 g/mol. The van der Waals surface area contributed by atoms with E-state index in [2.05, 4.69) is 0 Å². The summed E-state index contributed by atoms with van der Waals surface area (Å²) in [5.74, 6) is 0.250. The minimum Gasteiger partial charge on any atom is -0.487 e. The fourth-order valence-corrected chi connectivity index (χ4v) is 3.35. The van der Waals surface area contributed by atoms with E-state index in [0.29, 0.717) is 0 Å². The molecule has 0 aliphatic heterocycles. The third-order valence-electron chi connectivity index (χ3n) is 3.57. The molecule has 0 aliphatic rings. The van der Waals surface area contributed by atoms with Crippen LogP contribution in [0.1, 0.15) is 5.56 Å². The second-order valence-electron chi connectivity index (χ2n) is 5.24. The molecule has 3 aromatic carbocycles. The summed E-state index contributed by atoms with van der Waals surface area (Å²) >= 11 is 0. The van der Waals surface area contributed by atoms with Crippen molar-refractivity contribution in [3.63, 3.8) is 0 Å². The predicted octanol–water partition coefficient (Wildman–Crippen LogP) is 4.86. The lowest BCUT2D eigenvalue weighted by Gasteiger charge is -2.10. The molecule has 0 atom stereocenters. The summed E-state index contributed by atoms with van der Waals surface area (Å²) < 4.78 is 28.7. The van der Waals surface area contributed by atoms with Crippen molar-refractivity contribution in [2.75, 3.05) is 0 Å². The molecule has 0 aliphatic carbocycles. The number of hydrogen-bond donors (Lipinski definition) is 0. The molecule has 0 fully saturated rings. The Morgan fingerprint density at radius 1 is 0.750 bits per heavy atom. The third-order valence-corrected chi connectivity index (χ3v) is 4.93. The summed E-state index contributed by atoms with van der Waals surface area (Å²) in [6.45, 7) is 0.262. The van der Waals surface area contributed by atoms with Crippen LogP contribution in [-0.2, 0) is 15.7 Å². The molecule has 0 N–H and O–H groups in total. The van der Waals surface area contributed by atoms with Crippen LogP contribution in [0.25, 0.3) is 11.1 Å². The number of hydrogen-bond acceptors (Lipinski definition) is 3. The van der Waals surface area contributed by atoms with Crippen molar-refractivity contribution in [3.8, 4) is 16.9 Å². The Labute approximate surface area is 145 Å². The zero-order valence-corrected chi connectivity index (χ0v) is 14.3. The van der Waals surface area contributed by atoms with Crippen molar-refractivity contribution in [3.05, 3.63) is 84.4 Å². The topological polar surface area (TPSA) is 43.4 Å². The zero-order valence-electron chi connectivity index (χ0n) is 12.7. The van der Waals surface area contributed by atoms with Crippen LogP contribution in [-0.4, -0.2) is 8.42 Å². The molecule has 3 rings (SSSR count). The Morgan fingerprint density at radius 3 is 2.00 bits per heavy atom. The zero-order chi connectivity index (χ0) is 17.0. The Kier molecular flexibility index (Phi) is 4.88. The van der Waals surface area contributed by atoms with Gasteiger partial charge in [0.25, 0.3) is 9.05 Å². The molecule has 3 nitrogen and oxygen atoms in total. The number of halogens is 1. The maximum absolute atomic E-state index is 11.6. The maximum Gasteiger partial charge on any atom is 0.264 e. The van der Waals surface area contributed by atoms with Gasteiger partial charge in [0.2, 0.25) is 0 Å². The number of benzene rings is 3. The molecule has 0 amide bonds. The number of rotatable bonds is 5. The Bertz CT molecular complexity index is 920. The van der Waals surface area contributed by atoms with E-state index in [1.807, 2.05) is 54.6 Å².